The van der Waals surface area contributed by atoms with Crippen LogP contribution < -0.4 is 27.0 Å². The monoisotopic (exact) mass is 1510 g/mol. The summed E-state index contributed by atoms with van der Waals surface area (Å²) in [7, 11) is 9.90. The van der Waals surface area contributed by atoms with Crippen LogP contribution >= 0.6 is 11.6 Å². The molecular weight excluding hydrogens is 1380 g/mol. The van der Waals surface area contributed by atoms with Gasteiger partial charge in [0.1, 0.15) is 73.1 Å². The van der Waals surface area contributed by atoms with Crippen LogP contribution in [0.4, 0.5) is 0 Å². The number of nitrogens with zero attached hydrogens (tertiary/aromatic N) is 8. The molecule has 29 heteroatoms. The Morgan fingerprint density at radius 2 is 1.04 bits per heavy atom. The van der Waals surface area contributed by atoms with Gasteiger partial charge in [-0.2, -0.15) is 0 Å². The van der Waals surface area contributed by atoms with Crippen molar-refractivity contribution in [2.75, 3.05) is 82.2 Å². The van der Waals surface area contributed by atoms with Crippen molar-refractivity contribution >= 4 is 88.5 Å². The number of nitrogens with one attached hydrogen (secondary N) is 4. The molecule has 1 aromatic carbocycles. The van der Waals surface area contributed by atoms with Crippen LogP contribution in [0.25, 0.3) is 0 Å². The number of unbranched alkanes of at least 4 members (excludes halogenated alkanes) is 1. The predicted octanol–water partition coefficient (Wildman–Crippen LogP) is 4.77. The highest BCUT2D eigenvalue weighted by Gasteiger charge is 2.45. The van der Waals surface area contributed by atoms with Crippen molar-refractivity contribution in [3.63, 3.8) is 0 Å². The number of nitrogens with two attached hydrogens (primary N) is 1. The number of halogens is 1. The molecule has 0 radical (unpaired) electrons. The number of rotatable bonds is 42. The molecule has 3 rings (SSSR count). The summed E-state index contributed by atoms with van der Waals surface area (Å²) in [5, 5.41) is 21.5. The highest BCUT2D eigenvalue weighted by atomic mass is 35.5. The molecule has 2 heterocycles. The Hall–Kier alpha value is -7.46. The first-order chi connectivity index (χ1) is 49.7. The normalized spacial score (nSPS) is 17.0. The largest absolute Gasteiger partial charge is 0.467 e. The molecule has 1 aromatic rings. The van der Waals surface area contributed by atoms with Crippen LogP contribution in [0, 0.1) is 35.5 Å². The van der Waals surface area contributed by atoms with Crippen LogP contribution in [-0.2, 0) is 73.5 Å². The average molecular weight is 1510 g/mol. The van der Waals surface area contributed by atoms with Crippen molar-refractivity contribution in [3.05, 3.63) is 34.9 Å². The second-order valence-corrected chi connectivity index (χ2v) is 31.8. The van der Waals surface area contributed by atoms with Gasteiger partial charge >= 0.3 is 5.97 Å². The minimum absolute atomic E-state index is 0.0247. The first kappa shape index (κ1) is 92.7. The standard InChI is InChI=1S/C77H130ClN13O15/c1-21-51(12)66(77(105)106-20)83-70(98)61(43-53-29-27-30-54(78)42-53)88(18)75(103)62(40-49(8)9)85(15)64(93)44-57(73(101)90-34-25-22-26-35-90)82-69(97)60(39-48(6)7)87(17)76(104)63(41-50(10)11)89(19)72(100)56(37-46(2)3)81-67(95)52(13)84(14)71(99)55(31-23-24-33-79)80-68(96)59(38-47(4)5)86(16)74(102)58-32-28-36-91(58)65(94)45-92/h27,29-30,42,46-52,55-63,66,92H,21-26,28,31-41,43-45,79H2,1-20H3,(H,80,96)(H,81,95)(H,82,97)(H,83,98)/t51-,52-,55-,56-,57-,58-,59-,60-,61-,62-,63-,66-/m0/s1. The number of piperidine rings is 1. The molecule has 28 nitrogen and oxygen atoms in total. The van der Waals surface area contributed by atoms with Crippen molar-refractivity contribution < 1.29 is 72.2 Å². The molecule has 7 N–H and O–H groups in total. The minimum Gasteiger partial charge on any atom is -0.467 e. The first-order valence-electron chi connectivity index (χ1n) is 38.2. The average Bonchev–Trinajstić information content (AvgIpc) is 1.38. The van der Waals surface area contributed by atoms with Gasteiger partial charge in [-0.1, -0.05) is 113 Å². The van der Waals surface area contributed by atoms with E-state index in [-0.39, 0.29) is 87.0 Å². The van der Waals surface area contributed by atoms with E-state index in [9.17, 15) is 43.5 Å². The predicted molar refractivity (Wildman–Crippen MR) is 406 cm³/mol. The highest BCUT2D eigenvalue weighted by Crippen LogP contribution is 2.27. The molecular formula is C77H130ClN13O15. The quantitative estimate of drug-likeness (QED) is 0.0379. The van der Waals surface area contributed by atoms with Gasteiger partial charge in [-0.15, -0.1) is 0 Å². The highest BCUT2D eigenvalue weighted by molar-refractivity contribution is 6.30. The van der Waals surface area contributed by atoms with Gasteiger partial charge in [0, 0.05) is 73.4 Å². The third-order valence-electron chi connectivity index (χ3n) is 20.5. The molecule has 2 saturated heterocycles. The van der Waals surface area contributed by atoms with Crippen LogP contribution in [0.5, 0.6) is 0 Å². The zero-order valence-corrected chi connectivity index (χ0v) is 67.9. The first-order valence-corrected chi connectivity index (χ1v) is 38.6. The summed E-state index contributed by atoms with van der Waals surface area (Å²) in [6.45, 7) is 24.3. The van der Waals surface area contributed by atoms with E-state index in [4.69, 9.17) is 22.1 Å². The van der Waals surface area contributed by atoms with E-state index in [1.807, 2.05) is 76.2 Å². The van der Waals surface area contributed by atoms with Crippen LogP contribution in [0.2, 0.25) is 5.02 Å². The molecule has 0 aliphatic carbocycles. The van der Waals surface area contributed by atoms with Crippen molar-refractivity contribution in [2.24, 2.45) is 41.2 Å². The van der Waals surface area contributed by atoms with E-state index in [0.29, 0.717) is 75.2 Å². The number of hydrogen-bond acceptors (Lipinski definition) is 16. The van der Waals surface area contributed by atoms with Gasteiger partial charge in [0.15, 0.2) is 0 Å². The van der Waals surface area contributed by atoms with Crippen molar-refractivity contribution in [1.82, 2.24) is 60.5 Å². The fourth-order valence-electron chi connectivity index (χ4n) is 13.7. The maximum absolute atomic E-state index is 15.4. The van der Waals surface area contributed by atoms with Gasteiger partial charge in [0.25, 0.3) is 0 Å². The number of carbonyl (C=O) groups is 13. The second-order valence-electron chi connectivity index (χ2n) is 31.3. The van der Waals surface area contributed by atoms with Crippen molar-refractivity contribution in [2.45, 2.75) is 259 Å². The fraction of sp³-hybridized carbons (Fsp3) is 0.753. The summed E-state index contributed by atoms with van der Waals surface area (Å²) in [6.07, 6.45) is 4.66. The van der Waals surface area contributed by atoms with Gasteiger partial charge in [-0.3, -0.25) is 57.5 Å². The molecule has 2 fully saturated rings. The van der Waals surface area contributed by atoms with E-state index in [0.717, 1.165) is 6.42 Å². The van der Waals surface area contributed by atoms with Crippen LogP contribution in [-0.4, -0.2) is 270 Å². The number of carbonyl (C=O) groups excluding carboxylic acids is 13. The number of likely N-dealkylation sites (tertiary alicyclic amines) is 2. The van der Waals surface area contributed by atoms with E-state index in [2.05, 4.69) is 21.3 Å². The summed E-state index contributed by atoms with van der Waals surface area (Å²) in [5.74, 6) is -9.41. The Labute approximate surface area is 635 Å². The third-order valence-corrected chi connectivity index (χ3v) is 20.7. The number of aliphatic hydroxyl groups excluding tert-OH is 1. The maximum atomic E-state index is 15.4. The number of amides is 12. The fourth-order valence-corrected chi connectivity index (χ4v) is 14.0. The van der Waals surface area contributed by atoms with Crippen LogP contribution in [0.1, 0.15) is 192 Å². The van der Waals surface area contributed by atoms with Gasteiger partial charge in [0.2, 0.25) is 70.9 Å². The van der Waals surface area contributed by atoms with Gasteiger partial charge in [-0.05, 0) is 150 Å². The third kappa shape index (κ3) is 27.3. The van der Waals surface area contributed by atoms with E-state index < -0.39 is 156 Å². The molecule has 12 atom stereocenters. The van der Waals surface area contributed by atoms with Crippen LogP contribution in [0.15, 0.2) is 24.3 Å². The lowest BCUT2D eigenvalue weighted by molar-refractivity contribution is -0.152. The van der Waals surface area contributed by atoms with Crippen LogP contribution in [0.3, 0.4) is 0 Å². The SMILES string of the molecule is CC[C@H](C)[C@H](NC(=O)[C@H](Cc1cccc(Cl)c1)N(C)C(=O)[C@H](CC(C)C)N(C)C(=O)C[C@H](NC(=O)[C@H](CC(C)C)N(C)C(=O)[C@H](CC(C)C)N(C)C(=O)[C@H](CC(C)C)NC(=O)[C@H](C)N(C)C(=O)[C@H](CCCCN)NC(=O)[C@H](CC(C)C)N(C)C(=O)[C@@H]1CCCN1C(=O)CO)C(=O)N1CCCCC1)C(=O)OC. The molecule has 2 aliphatic rings. The van der Waals surface area contributed by atoms with E-state index >= 15 is 24.0 Å². The number of aliphatic hydroxyl groups is 1. The Balaban J connectivity index is 2.02. The van der Waals surface area contributed by atoms with Crippen molar-refractivity contribution in [1.29, 1.82) is 0 Å². The summed E-state index contributed by atoms with van der Waals surface area (Å²) in [4.78, 5) is 199. The second kappa shape index (κ2) is 44.7. The lowest BCUT2D eigenvalue weighted by Crippen LogP contribution is -2.61. The number of benzene rings is 1. The number of hydrogen-bond donors (Lipinski definition) is 6. The molecule has 12 amide bonds. The molecule has 0 saturated carbocycles. The van der Waals surface area contributed by atoms with Gasteiger partial charge in [0.05, 0.1) is 13.5 Å². The zero-order valence-electron chi connectivity index (χ0n) is 67.2. The minimum atomic E-state index is -1.48. The molecule has 2 aliphatic heterocycles. The molecule has 600 valence electrons. The number of esters is 1. The summed E-state index contributed by atoms with van der Waals surface area (Å²) in [5.41, 5.74) is 6.48. The Morgan fingerprint density at radius 1 is 0.557 bits per heavy atom. The Morgan fingerprint density at radius 3 is 1.55 bits per heavy atom. The molecule has 0 bridgehead atoms. The summed E-state index contributed by atoms with van der Waals surface area (Å²) >= 11 is 6.41. The van der Waals surface area contributed by atoms with E-state index in [1.165, 1.54) is 90.6 Å². The molecule has 0 spiro atoms. The maximum Gasteiger partial charge on any atom is 0.328 e. The number of methoxy groups -OCH3 is 1. The lowest BCUT2D eigenvalue weighted by Gasteiger charge is -2.38. The summed E-state index contributed by atoms with van der Waals surface area (Å²) in [6, 6.07) is -6.19. The molecule has 0 aromatic heterocycles. The lowest BCUT2D eigenvalue weighted by atomic mass is 9.96. The summed E-state index contributed by atoms with van der Waals surface area (Å²) < 4.78 is 5.07. The van der Waals surface area contributed by atoms with Gasteiger partial charge < -0.3 is 76.0 Å². The topological polar surface area (TPSA) is 351 Å². The zero-order chi connectivity index (χ0) is 80.3. The van der Waals surface area contributed by atoms with Crippen molar-refractivity contribution in [3.8, 4) is 0 Å². The molecule has 0 unspecified atom stereocenters. The number of ether oxygens (including phenoxy) is 1. The van der Waals surface area contributed by atoms with Gasteiger partial charge in [-0.25, -0.2) is 4.79 Å². The smallest absolute Gasteiger partial charge is 0.328 e. The molecule has 106 heavy (non-hydrogen) atoms. The Kier molecular flexibility index (Phi) is 39.1. The van der Waals surface area contributed by atoms with E-state index in [1.54, 1.807) is 36.1 Å². The number of likely N-dealkylation sites (N-methyl/N-ethyl adjacent to an activating group) is 6. The Bertz CT molecular complexity index is 3110.